The SMILES string of the molecule is CC(CON1C(C)(C)CC(OC(=O)OC2CC(C)(C)N(OCC(C)CC(C)(C)C)C(C)(C)C2)CC1(C)C)CC(C)(C)C. The second kappa shape index (κ2) is 13.2. The fourth-order valence-corrected chi connectivity index (χ4v) is 8.12. The highest BCUT2D eigenvalue weighted by molar-refractivity contribution is 5.60. The number of hydrogen-bond donors (Lipinski definition) is 0. The fourth-order valence-electron chi connectivity index (χ4n) is 8.12. The van der Waals surface area contributed by atoms with Crippen molar-refractivity contribution < 1.29 is 23.9 Å². The van der Waals surface area contributed by atoms with Crippen LogP contribution in [0.5, 0.6) is 0 Å². The number of hydrogen-bond acceptors (Lipinski definition) is 7. The van der Waals surface area contributed by atoms with Crippen molar-refractivity contribution in [2.24, 2.45) is 22.7 Å². The maximum atomic E-state index is 13.1. The summed E-state index contributed by atoms with van der Waals surface area (Å²) in [7, 11) is 0. The van der Waals surface area contributed by atoms with Crippen molar-refractivity contribution in [1.29, 1.82) is 0 Å². The first-order chi connectivity index (χ1) is 18.7. The normalized spacial score (nSPS) is 25.1. The maximum absolute atomic E-state index is 13.1. The number of rotatable bonds is 10. The summed E-state index contributed by atoms with van der Waals surface area (Å²) in [6.45, 7) is 36.9. The minimum atomic E-state index is -0.565. The lowest BCUT2D eigenvalue weighted by Gasteiger charge is -2.54. The molecule has 2 rings (SSSR count). The molecule has 2 heterocycles. The summed E-state index contributed by atoms with van der Waals surface area (Å²) in [5, 5.41) is 4.29. The summed E-state index contributed by atoms with van der Waals surface area (Å²) in [6, 6.07) is 0. The van der Waals surface area contributed by atoms with E-state index in [0.29, 0.717) is 50.7 Å². The zero-order chi connectivity index (χ0) is 32.5. The monoisotopic (exact) mass is 597 g/mol. The molecule has 2 fully saturated rings. The van der Waals surface area contributed by atoms with Gasteiger partial charge in [-0.2, -0.15) is 10.1 Å². The van der Waals surface area contributed by atoms with Crippen LogP contribution in [0.15, 0.2) is 0 Å². The van der Waals surface area contributed by atoms with Crippen LogP contribution >= 0.6 is 0 Å². The van der Waals surface area contributed by atoms with Crippen LogP contribution < -0.4 is 0 Å². The molecule has 2 aliphatic rings. The Bertz CT molecular complexity index is 777. The van der Waals surface area contributed by atoms with E-state index in [-0.39, 0.29) is 45.2 Å². The van der Waals surface area contributed by atoms with Gasteiger partial charge in [-0.05, 0) is 90.9 Å². The molecule has 0 N–H and O–H groups in total. The molecule has 0 bridgehead atoms. The van der Waals surface area contributed by atoms with Crippen LogP contribution in [-0.4, -0.2) is 63.9 Å². The Morgan fingerprint density at radius 2 is 0.881 bits per heavy atom. The molecule has 0 saturated carbocycles. The lowest BCUT2D eigenvalue weighted by molar-refractivity contribution is -0.301. The Morgan fingerprint density at radius 3 is 1.12 bits per heavy atom. The van der Waals surface area contributed by atoms with Gasteiger partial charge in [-0.25, -0.2) is 4.79 Å². The minimum absolute atomic E-state index is 0.233. The molecule has 2 unspecified atom stereocenters. The Balaban J connectivity index is 1.97. The number of ether oxygens (including phenoxy) is 2. The molecule has 0 aromatic rings. The smallest absolute Gasteiger partial charge is 0.431 e. The van der Waals surface area contributed by atoms with E-state index in [2.05, 4.69) is 121 Å². The molecule has 2 aliphatic heterocycles. The van der Waals surface area contributed by atoms with E-state index >= 15 is 0 Å². The Kier molecular flexibility index (Phi) is 11.7. The van der Waals surface area contributed by atoms with Crippen molar-refractivity contribution in [3.8, 4) is 0 Å². The van der Waals surface area contributed by atoms with E-state index in [1.54, 1.807) is 0 Å². The van der Waals surface area contributed by atoms with Crippen molar-refractivity contribution in [3.05, 3.63) is 0 Å². The molecule has 2 saturated heterocycles. The van der Waals surface area contributed by atoms with Gasteiger partial charge < -0.3 is 9.47 Å². The third-order valence-electron chi connectivity index (χ3n) is 8.53. The van der Waals surface area contributed by atoms with E-state index in [1.165, 1.54) is 0 Å². The standard InChI is InChI=1S/C35H68N2O5/c1-25(17-30(3,4)5)23-39-36-32(9,10)19-27(20-33(36,11)12)41-29(38)42-28-21-34(13,14)37(35(15,16)22-28)40-24-26(2)18-31(6,7)8/h25-28H,17-24H2,1-16H3. The second-order valence-electron chi connectivity index (χ2n) is 18.7. The van der Waals surface area contributed by atoms with E-state index in [1.807, 2.05) is 0 Å². The molecule has 248 valence electrons. The number of nitrogens with zero attached hydrogens (tertiary/aromatic N) is 2. The Hall–Kier alpha value is -0.890. The molecule has 2 atom stereocenters. The van der Waals surface area contributed by atoms with Gasteiger partial charge in [0, 0.05) is 47.8 Å². The van der Waals surface area contributed by atoms with Crippen LogP contribution in [0.2, 0.25) is 0 Å². The van der Waals surface area contributed by atoms with E-state index in [9.17, 15) is 4.79 Å². The van der Waals surface area contributed by atoms with Gasteiger partial charge in [0.1, 0.15) is 12.2 Å². The van der Waals surface area contributed by atoms with E-state index < -0.39 is 6.16 Å². The second-order valence-corrected chi connectivity index (χ2v) is 18.7. The predicted molar refractivity (Wildman–Crippen MR) is 172 cm³/mol. The van der Waals surface area contributed by atoms with Gasteiger partial charge in [-0.1, -0.05) is 55.4 Å². The lowest BCUT2D eigenvalue weighted by Crippen LogP contribution is -2.63. The molecule has 0 aromatic carbocycles. The number of carbonyl (C=O) groups excluding carboxylic acids is 1. The average Bonchev–Trinajstić information content (AvgIpc) is 2.67. The van der Waals surface area contributed by atoms with Crippen LogP contribution in [0.1, 0.15) is 149 Å². The van der Waals surface area contributed by atoms with Gasteiger partial charge in [-0.15, -0.1) is 0 Å². The molecule has 0 amide bonds. The Morgan fingerprint density at radius 1 is 0.619 bits per heavy atom. The van der Waals surface area contributed by atoms with Crippen LogP contribution in [0, 0.1) is 22.7 Å². The van der Waals surface area contributed by atoms with Gasteiger partial charge in [0.05, 0.1) is 13.2 Å². The first kappa shape index (κ1) is 37.3. The van der Waals surface area contributed by atoms with E-state index in [0.717, 1.165) is 12.8 Å². The highest BCUT2D eigenvalue weighted by atomic mass is 16.7. The number of piperidine rings is 2. The van der Waals surface area contributed by atoms with Crippen LogP contribution in [0.4, 0.5) is 4.79 Å². The summed E-state index contributed by atoms with van der Waals surface area (Å²) in [5.74, 6) is 0.913. The summed E-state index contributed by atoms with van der Waals surface area (Å²) in [4.78, 5) is 26.1. The zero-order valence-electron chi connectivity index (χ0n) is 30.4. The van der Waals surface area contributed by atoms with Gasteiger partial charge in [0.2, 0.25) is 0 Å². The predicted octanol–water partition coefficient (Wildman–Crippen LogP) is 9.19. The minimum Gasteiger partial charge on any atom is -0.431 e. The van der Waals surface area contributed by atoms with Gasteiger partial charge in [-0.3, -0.25) is 9.68 Å². The molecule has 7 heteroatoms. The number of carbonyl (C=O) groups is 1. The molecule has 42 heavy (non-hydrogen) atoms. The van der Waals surface area contributed by atoms with Crippen LogP contribution in [-0.2, 0) is 19.1 Å². The largest absolute Gasteiger partial charge is 0.508 e. The fraction of sp³-hybridized carbons (Fsp3) is 0.971. The zero-order valence-corrected chi connectivity index (χ0v) is 30.4. The molecular weight excluding hydrogens is 528 g/mol. The number of hydroxylamine groups is 4. The lowest BCUT2D eigenvalue weighted by atomic mass is 9.80. The molecule has 0 aliphatic carbocycles. The Labute approximate surface area is 259 Å². The van der Waals surface area contributed by atoms with Gasteiger partial charge in [0.15, 0.2) is 0 Å². The van der Waals surface area contributed by atoms with Crippen molar-refractivity contribution in [1.82, 2.24) is 10.1 Å². The quantitative estimate of drug-likeness (QED) is 0.233. The first-order valence-corrected chi connectivity index (χ1v) is 16.5. The molecule has 7 nitrogen and oxygen atoms in total. The van der Waals surface area contributed by atoms with Crippen molar-refractivity contribution in [2.45, 2.75) is 184 Å². The van der Waals surface area contributed by atoms with Crippen LogP contribution in [0.25, 0.3) is 0 Å². The molecule has 0 radical (unpaired) electrons. The first-order valence-electron chi connectivity index (χ1n) is 16.5. The topological polar surface area (TPSA) is 60.5 Å². The molecular formula is C35H68N2O5. The highest BCUT2D eigenvalue weighted by Gasteiger charge is 2.50. The van der Waals surface area contributed by atoms with Gasteiger partial charge in [0.25, 0.3) is 0 Å². The van der Waals surface area contributed by atoms with Gasteiger partial charge >= 0.3 is 6.16 Å². The summed E-state index contributed by atoms with van der Waals surface area (Å²) in [5.41, 5.74) is -0.604. The van der Waals surface area contributed by atoms with Crippen LogP contribution in [0.3, 0.4) is 0 Å². The summed E-state index contributed by atoms with van der Waals surface area (Å²) >= 11 is 0. The highest BCUT2D eigenvalue weighted by Crippen LogP contribution is 2.42. The summed E-state index contributed by atoms with van der Waals surface area (Å²) in [6.07, 6.45) is 3.94. The van der Waals surface area contributed by atoms with E-state index in [4.69, 9.17) is 19.1 Å². The summed E-state index contributed by atoms with van der Waals surface area (Å²) < 4.78 is 12.0. The maximum Gasteiger partial charge on any atom is 0.508 e. The average molecular weight is 597 g/mol. The third-order valence-corrected chi connectivity index (χ3v) is 8.53. The van der Waals surface area contributed by atoms with Crippen molar-refractivity contribution >= 4 is 6.16 Å². The molecule has 0 aromatic heterocycles. The van der Waals surface area contributed by atoms with Crippen molar-refractivity contribution in [2.75, 3.05) is 13.2 Å². The third kappa shape index (κ3) is 11.2. The molecule has 0 spiro atoms. The van der Waals surface area contributed by atoms with Crippen molar-refractivity contribution in [3.63, 3.8) is 0 Å².